The van der Waals surface area contributed by atoms with Gasteiger partial charge in [0, 0.05) is 36.7 Å². The van der Waals surface area contributed by atoms with Crippen LogP contribution in [0.1, 0.15) is 55.3 Å². The molecule has 2 bridgehead atoms. The lowest BCUT2D eigenvalue weighted by Crippen LogP contribution is -2.37. The van der Waals surface area contributed by atoms with E-state index in [4.69, 9.17) is 11.6 Å². The predicted octanol–water partition coefficient (Wildman–Crippen LogP) is 7.01. The number of anilines is 1. The maximum absolute atomic E-state index is 14.9. The van der Waals surface area contributed by atoms with Gasteiger partial charge in [-0.25, -0.2) is 4.39 Å². The van der Waals surface area contributed by atoms with Crippen LogP contribution in [0.3, 0.4) is 0 Å². The van der Waals surface area contributed by atoms with E-state index in [2.05, 4.69) is 10.4 Å². The average Bonchev–Trinajstić information content (AvgIpc) is 3.26. The first kappa shape index (κ1) is 27.9. The summed E-state index contributed by atoms with van der Waals surface area (Å²) < 4.78 is 57.7. The molecule has 2 atom stereocenters. The molecular formula is C29H27ClF4N4O2. The van der Waals surface area contributed by atoms with E-state index >= 15 is 0 Å². The number of carbonyl (C=O) groups excluding carboxylic acids is 2. The summed E-state index contributed by atoms with van der Waals surface area (Å²) >= 11 is 5.83. The van der Waals surface area contributed by atoms with Gasteiger partial charge in [-0.3, -0.25) is 14.3 Å². The fourth-order valence-corrected chi connectivity index (χ4v) is 5.69. The van der Waals surface area contributed by atoms with E-state index in [0.717, 1.165) is 29.3 Å². The van der Waals surface area contributed by atoms with Gasteiger partial charge in [0.1, 0.15) is 5.82 Å². The second kappa shape index (κ2) is 10.7. The van der Waals surface area contributed by atoms with Crippen molar-refractivity contribution in [2.75, 3.05) is 11.9 Å². The summed E-state index contributed by atoms with van der Waals surface area (Å²) in [5, 5.41) is 6.83. The highest BCUT2D eigenvalue weighted by atomic mass is 35.5. The lowest BCUT2D eigenvalue weighted by atomic mass is 9.90. The molecule has 2 amide bonds. The highest BCUT2D eigenvalue weighted by Gasteiger charge is 2.38. The summed E-state index contributed by atoms with van der Waals surface area (Å²) in [4.78, 5) is 27.9. The Hall–Kier alpha value is -3.66. The van der Waals surface area contributed by atoms with Crippen LogP contribution in [0.2, 0.25) is 5.02 Å². The molecule has 210 valence electrons. The Morgan fingerprint density at radius 3 is 2.62 bits per heavy atom. The number of nitrogens with one attached hydrogen (secondary N) is 1. The predicted molar refractivity (Wildman–Crippen MR) is 144 cm³/mol. The van der Waals surface area contributed by atoms with Crippen molar-refractivity contribution in [2.45, 2.75) is 44.8 Å². The third-order valence-corrected chi connectivity index (χ3v) is 7.90. The van der Waals surface area contributed by atoms with Crippen LogP contribution in [0.15, 0.2) is 48.7 Å². The van der Waals surface area contributed by atoms with Crippen LogP contribution in [0.5, 0.6) is 0 Å². The number of hydrogen-bond acceptors (Lipinski definition) is 3. The molecule has 0 saturated carbocycles. The van der Waals surface area contributed by atoms with Crippen LogP contribution >= 0.6 is 11.6 Å². The van der Waals surface area contributed by atoms with E-state index in [-0.39, 0.29) is 30.4 Å². The molecule has 40 heavy (non-hydrogen) atoms. The minimum absolute atomic E-state index is 0.0208. The molecule has 11 heteroatoms. The standard InChI is InChI=1S/C29H27ClF4N4O2/c1-16-5-3-8-23(17-6-4-7-19(13-17)27-22(36-28(16)40)15-35-37(27)2)38-12-11-18(14-24(38)39)25-20(29(32,33)34)9-10-21(30)26(25)31/h4,6-7,9-10,13-16,23H,3,5,8,11-12H2,1-2H3,(H,36,40)/t16-,23+/m1/s1. The SMILES string of the molecule is C[C@@H]1CCC[C@H](N2CCC(c3c(C(F)(F)F)ccc(Cl)c3F)=CC2=O)c2cccc(c2)-c2c(cnn2C)NC1=O. The Labute approximate surface area is 233 Å². The van der Waals surface area contributed by atoms with E-state index in [1.807, 2.05) is 31.2 Å². The second-order valence-corrected chi connectivity index (χ2v) is 10.6. The van der Waals surface area contributed by atoms with Gasteiger partial charge in [-0.2, -0.15) is 18.3 Å². The summed E-state index contributed by atoms with van der Waals surface area (Å²) in [7, 11) is 1.77. The third-order valence-electron chi connectivity index (χ3n) is 7.60. The molecule has 0 aliphatic carbocycles. The number of fused-ring (bicyclic) bond motifs is 4. The number of aryl methyl sites for hydroxylation is 1. The first-order valence-electron chi connectivity index (χ1n) is 13.0. The quantitative estimate of drug-likeness (QED) is 0.335. The number of nitrogens with zero attached hydrogens (tertiary/aromatic N) is 3. The van der Waals surface area contributed by atoms with Crippen molar-refractivity contribution in [3.63, 3.8) is 0 Å². The van der Waals surface area contributed by atoms with Crippen molar-refractivity contribution in [3.8, 4) is 11.3 Å². The van der Waals surface area contributed by atoms with Crippen LogP contribution in [-0.4, -0.2) is 33.0 Å². The van der Waals surface area contributed by atoms with Gasteiger partial charge >= 0.3 is 6.18 Å². The topological polar surface area (TPSA) is 67.2 Å². The van der Waals surface area contributed by atoms with Crippen LogP contribution in [-0.2, 0) is 22.8 Å². The lowest BCUT2D eigenvalue weighted by molar-refractivity contribution is -0.138. The molecule has 6 nitrogen and oxygen atoms in total. The molecule has 0 fully saturated rings. The van der Waals surface area contributed by atoms with Crippen molar-refractivity contribution >= 4 is 34.7 Å². The molecule has 2 aromatic carbocycles. The molecule has 2 aliphatic rings. The number of amides is 2. The number of aromatic nitrogens is 2. The molecule has 3 aromatic rings. The molecule has 1 N–H and O–H groups in total. The first-order valence-corrected chi connectivity index (χ1v) is 13.3. The molecule has 0 unspecified atom stereocenters. The maximum Gasteiger partial charge on any atom is 0.417 e. The van der Waals surface area contributed by atoms with E-state index in [0.29, 0.717) is 30.6 Å². The molecule has 0 spiro atoms. The van der Waals surface area contributed by atoms with Gasteiger partial charge in [0.15, 0.2) is 0 Å². The minimum atomic E-state index is -4.82. The zero-order valence-corrected chi connectivity index (χ0v) is 22.6. The number of benzene rings is 2. The number of halogens is 5. The molecule has 3 heterocycles. The van der Waals surface area contributed by atoms with Crippen molar-refractivity contribution in [1.29, 1.82) is 0 Å². The first-order chi connectivity index (χ1) is 19.0. The van der Waals surface area contributed by atoms with Gasteiger partial charge < -0.3 is 10.2 Å². The van der Waals surface area contributed by atoms with Gasteiger partial charge in [0.25, 0.3) is 0 Å². The second-order valence-electron chi connectivity index (χ2n) is 10.2. The zero-order valence-electron chi connectivity index (χ0n) is 21.9. The van der Waals surface area contributed by atoms with Crippen LogP contribution in [0, 0.1) is 11.7 Å². The van der Waals surface area contributed by atoms with Gasteiger partial charge in [0.2, 0.25) is 11.8 Å². The van der Waals surface area contributed by atoms with Crippen LogP contribution in [0.4, 0.5) is 23.2 Å². The Morgan fingerprint density at radius 2 is 1.90 bits per heavy atom. The zero-order chi connectivity index (χ0) is 28.8. The normalized spacial score (nSPS) is 20.3. The van der Waals surface area contributed by atoms with Gasteiger partial charge in [0.05, 0.1) is 34.2 Å². The summed E-state index contributed by atoms with van der Waals surface area (Å²) in [6.07, 6.45) is -0.374. The molecule has 0 saturated heterocycles. The minimum Gasteiger partial charge on any atom is -0.332 e. The number of carbonyl (C=O) groups is 2. The van der Waals surface area contributed by atoms with E-state index < -0.39 is 40.1 Å². The Bertz CT molecular complexity index is 1510. The van der Waals surface area contributed by atoms with Crippen molar-refractivity contribution in [1.82, 2.24) is 14.7 Å². The van der Waals surface area contributed by atoms with E-state index in [1.54, 1.807) is 22.8 Å². The number of alkyl halides is 3. The van der Waals surface area contributed by atoms with Crippen LogP contribution < -0.4 is 5.32 Å². The van der Waals surface area contributed by atoms with E-state index in [1.165, 1.54) is 0 Å². The third kappa shape index (κ3) is 5.24. The molecule has 5 rings (SSSR count). The van der Waals surface area contributed by atoms with Crippen molar-refractivity contribution in [3.05, 3.63) is 76.2 Å². The smallest absolute Gasteiger partial charge is 0.332 e. The van der Waals surface area contributed by atoms with Crippen molar-refractivity contribution < 1.29 is 27.2 Å². The highest BCUT2D eigenvalue weighted by Crippen LogP contribution is 2.42. The fraction of sp³-hybridized carbons (Fsp3) is 0.345. The Kier molecular flexibility index (Phi) is 7.48. The highest BCUT2D eigenvalue weighted by molar-refractivity contribution is 6.31. The lowest BCUT2D eigenvalue weighted by Gasteiger charge is -2.35. The molecule has 2 aliphatic heterocycles. The largest absolute Gasteiger partial charge is 0.417 e. The Balaban J connectivity index is 1.54. The molecular weight excluding hydrogens is 548 g/mol. The van der Waals surface area contributed by atoms with Gasteiger partial charge in [-0.1, -0.05) is 43.1 Å². The average molecular weight is 575 g/mol. The van der Waals surface area contributed by atoms with Crippen LogP contribution in [0.25, 0.3) is 16.8 Å². The van der Waals surface area contributed by atoms with Crippen molar-refractivity contribution in [2.24, 2.45) is 13.0 Å². The van der Waals surface area contributed by atoms with Gasteiger partial charge in [-0.05, 0) is 48.6 Å². The Morgan fingerprint density at radius 1 is 1.12 bits per heavy atom. The fourth-order valence-electron chi connectivity index (χ4n) is 5.53. The number of hydrogen-bond donors (Lipinski definition) is 1. The molecule has 0 radical (unpaired) electrons. The number of rotatable bonds is 2. The summed E-state index contributed by atoms with van der Waals surface area (Å²) in [6, 6.07) is 8.80. The summed E-state index contributed by atoms with van der Waals surface area (Å²) in [6.45, 7) is 1.93. The van der Waals surface area contributed by atoms with E-state index in [9.17, 15) is 27.2 Å². The van der Waals surface area contributed by atoms with Gasteiger partial charge in [-0.15, -0.1) is 0 Å². The summed E-state index contributed by atoms with van der Waals surface area (Å²) in [5.41, 5.74) is 1.04. The monoisotopic (exact) mass is 574 g/mol. The summed E-state index contributed by atoms with van der Waals surface area (Å²) in [5.74, 6) is -2.13. The molecule has 1 aromatic heterocycles. The maximum atomic E-state index is 14.9.